The van der Waals surface area contributed by atoms with Crippen LogP contribution in [0.5, 0.6) is 0 Å². The van der Waals surface area contributed by atoms with E-state index in [2.05, 4.69) is 0 Å². The molecule has 1 amide bonds. The topological polar surface area (TPSA) is 81.5 Å². The minimum Gasteiger partial charge on any atom is -0.340 e. The van der Waals surface area contributed by atoms with Gasteiger partial charge in [-0.2, -0.15) is 9.57 Å². The van der Waals surface area contributed by atoms with E-state index in [0.29, 0.717) is 19.5 Å². The molecule has 146 valence electrons. The summed E-state index contributed by atoms with van der Waals surface area (Å²) in [6.45, 7) is 0.973. The monoisotopic (exact) mass is 401 g/mol. The van der Waals surface area contributed by atoms with Gasteiger partial charge in [0.25, 0.3) is 0 Å². The Morgan fingerprint density at radius 2 is 1.68 bits per heavy atom. The van der Waals surface area contributed by atoms with Gasteiger partial charge in [-0.25, -0.2) is 12.8 Å². The van der Waals surface area contributed by atoms with Crippen molar-refractivity contribution in [2.24, 2.45) is 0 Å². The quantitative estimate of drug-likeness (QED) is 0.769. The molecule has 8 heteroatoms. The molecule has 0 radical (unpaired) electrons. The second kappa shape index (κ2) is 8.50. The van der Waals surface area contributed by atoms with Gasteiger partial charge in [0.05, 0.1) is 10.5 Å². The number of hydrogen-bond acceptors (Lipinski definition) is 4. The Morgan fingerprint density at radius 1 is 1.04 bits per heavy atom. The molecular formula is C20H20FN3O3S. The summed E-state index contributed by atoms with van der Waals surface area (Å²) in [7, 11) is -3.78. The van der Waals surface area contributed by atoms with Crippen molar-refractivity contribution in [1.29, 1.82) is 5.26 Å². The summed E-state index contributed by atoms with van der Waals surface area (Å²) in [5.41, 5.74) is 0.990. The molecule has 0 atom stereocenters. The van der Waals surface area contributed by atoms with E-state index in [0.717, 1.165) is 5.56 Å². The summed E-state index contributed by atoms with van der Waals surface area (Å²) in [6, 6.07) is 14.0. The molecule has 0 bridgehead atoms. The molecular weight excluding hydrogens is 381 g/mol. The zero-order valence-corrected chi connectivity index (χ0v) is 16.0. The smallest absolute Gasteiger partial charge is 0.244 e. The van der Waals surface area contributed by atoms with Crippen molar-refractivity contribution in [1.82, 2.24) is 9.21 Å². The number of amides is 1. The Kier molecular flexibility index (Phi) is 6.07. The van der Waals surface area contributed by atoms with Crippen LogP contribution in [0.25, 0.3) is 0 Å². The Bertz CT molecular complexity index is 992. The van der Waals surface area contributed by atoms with Crippen LogP contribution in [0.3, 0.4) is 0 Å². The first-order valence-corrected chi connectivity index (χ1v) is 10.4. The number of nitriles is 1. The number of sulfonamides is 1. The molecule has 2 aromatic rings. The van der Waals surface area contributed by atoms with Gasteiger partial charge in [0.15, 0.2) is 0 Å². The van der Waals surface area contributed by atoms with Crippen LogP contribution in [-0.4, -0.2) is 49.7 Å². The van der Waals surface area contributed by atoms with Crippen LogP contribution in [0, 0.1) is 17.1 Å². The fourth-order valence-electron chi connectivity index (χ4n) is 3.16. The maximum atomic E-state index is 12.9. The first kappa shape index (κ1) is 20.0. The highest BCUT2D eigenvalue weighted by Crippen LogP contribution is 2.21. The molecule has 1 heterocycles. The van der Waals surface area contributed by atoms with Crippen LogP contribution >= 0.6 is 0 Å². The first-order valence-electron chi connectivity index (χ1n) is 8.93. The minimum atomic E-state index is -3.78. The first-order chi connectivity index (χ1) is 13.4. The van der Waals surface area contributed by atoms with Gasteiger partial charge in [-0.1, -0.05) is 24.3 Å². The third-order valence-electron chi connectivity index (χ3n) is 4.76. The number of nitrogens with zero attached hydrogens (tertiary/aromatic N) is 3. The number of aryl methyl sites for hydroxylation is 1. The number of rotatable bonds is 5. The summed E-state index contributed by atoms with van der Waals surface area (Å²) in [5, 5.41) is 9.16. The van der Waals surface area contributed by atoms with Crippen molar-refractivity contribution >= 4 is 15.9 Å². The average molecular weight is 401 g/mol. The highest BCUT2D eigenvalue weighted by Gasteiger charge is 2.31. The largest absolute Gasteiger partial charge is 0.340 e. The third kappa shape index (κ3) is 4.38. The molecule has 1 aliphatic heterocycles. The predicted molar refractivity (Wildman–Crippen MR) is 101 cm³/mol. The van der Waals surface area contributed by atoms with Crippen LogP contribution in [0.4, 0.5) is 4.39 Å². The maximum Gasteiger partial charge on any atom is 0.244 e. The van der Waals surface area contributed by atoms with E-state index in [1.807, 2.05) is 6.07 Å². The number of carbonyl (C=O) groups is 1. The van der Waals surface area contributed by atoms with Crippen LogP contribution in [0.1, 0.15) is 17.5 Å². The second-order valence-electron chi connectivity index (χ2n) is 6.52. The van der Waals surface area contributed by atoms with Crippen LogP contribution in [-0.2, 0) is 21.2 Å². The van der Waals surface area contributed by atoms with Crippen LogP contribution in [0.2, 0.25) is 0 Å². The highest BCUT2D eigenvalue weighted by atomic mass is 32.2. The second-order valence-corrected chi connectivity index (χ2v) is 8.43. The molecule has 3 rings (SSSR count). The predicted octanol–water partition coefficient (Wildman–Crippen LogP) is 2.16. The number of hydrogen-bond donors (Lipinski definition) is 0. The zero-order chi connectivity index (χ0) is 20.1. The standard InChI is InChI=1S/C20H20FN3O3S/c21-18-8-5-16(6-9-18)7-10-20(25)23-11-13-24(14-12-23)28(26,27)19-4-2-1-3-17(19)15-22/h1-6,8-9H,7,10-14H2. The average Bonchev–Trinajstić information content (AvgIpc) is 2.73. The molecule has 2 aromatic carbocycles. The summed E-state index contributed by atoms with van der Waals surface area (Å²) in [4.78, 5) is 14.0. The van der Waals surface area contributed by atoms with E-state index in [4.69, 9.17) is 5.26 Å². The van der Waals surface area contributed by atoms with Crippen molar-refractivity contribution in [3.05, 3.63) is 65.5 Å². The van der Waals surface area contributed by atoms with Crippen molar-refractivity contribution < 1.29 is 17.6 Å². The summed E-state index contributed by atoms with van der Waals surface area (Å²) >= 11 is 0. The van der Waals surface area contributed by atoms with Crippen molar-refractivity contribution in [2.75, 3.05) is 26.2 Å². The van der Waals surface area contributed by atoms with Gasteiger partial charge in [0, 0.05) is 32.6 Å². The molecule has 1 aliphatic rings. The summed E-state index contributed by atoms with van der Waals surface area (Å²) in [6.07, 6.45) is 0.794. The lowest BCUT2D eigenvalue weighted by Crippen LogP contribution is -2.50. The molecule has 0 saturated carbocycles. The Morgan fingerprint density at radius 3 is 2.32 bits per heavy atom. The van der Waals surface area contributed by atoms with Gasteiger partial charge in [0.2, 0.25) is 15.9 Å². The van der Waals surface area contributed by atoms with Crippen molar-refractivity contribution in [2.45, 2.75) is 17.7 Å². The van der Waals surface area contributed by atoms with Gasteiger partial charge in [-0.05, 0) is 36.2 Å². The summed E-state index contributed by atoms with van der Waals surface area (Å²) in [5.74, 6) is -0.371. The van der Waals surface area contributed by atoms with E-state index in [-0.39, 0.29) is 41.7 Å². The highest BCUT2D eigenvalue weighted by molar-refractivity contribution is 7.89. The van der Waals surface area contributed by atoms with E-state index < -0.39 is 10.0 Å². The third-order valence-corrected chi connectivity index (χ3v) is 6.71. The van der Waals surface area contributed by atoms with E-state index in [9.17, 15) is 17.6 Å². The number of benzene rings is 2. The van der Waals surface area contributed by atoms with Gasteiger partial charge >= 0.3 is 0 Å². The zero-order valence-electron chi connectivity index (χ0n) is 15.2. The molecule has 1 saturated heterocycles. The lowest BCUT2D eigenvalue weighted by molar-refractivity contribution is -0.132. The maximum absolute atomic E-state index is 12.9. The number of carbonyl (C=O) groups excluding carboxylic acids is 1. The molecule has 0 aliphatic carbocycles. The molecule has 28 heavy (non-hydrogen) atoms. The van der Waals surface area contributed by atoms with Crippen molar-refractivity contribution in [3.63, 3.8) is 0 Å². The van der Waals surface area contributed by atoms with E-state index in [1.165, 1.54) is 28.6 Å². The molecule has 0 unspecified atom stereocenters. The number of halogens is 1. The Hall–Kier alpha value is -2.76. The van der Waals surface area contributed by atoms with Gasteiger partial charge in [-0.15, -0.1) is 0 Å². The van der Waals surface area contributed by atoms with Crippen LogP contribution < -0.4 is 0 Å². The lowest BCUT2D eigenvalue weighted by atomic mass is 10.1. The van der Waals surface area contributed by atoms with Crippen molar-refractivity contribution in [3.8, 4) is 6.07 Å². The summed E-state index contributed by atoms with van der Waals surface area (Å²) < 4.78 is 39.9. The van der Waals surface area contributed by atoms with Crippen LogP contribution in [0.15, 0.2) is 53.4 Å². The minimum absolute atomic E-state index is 0.00594. The molecule has 0 spiro atoms. The number of piperazine rings is 1. The molecule has 6 nitrogen and oxygen atoms in total. The normalized spacial score (nSPS) is 15.2. The lowest BCUT2D eigenvalue weighted by Gasteiger charge is -2.34. The Balaban J connectivity index is 1.58. The molecule has 0 N–H and O–H groups in total. The molecule has 1 fully saturated rings. The Labute approximate surface area is 163 Å². The fraction of sp³-hybridized carbons (Fsp3) is 0.300. The van der Waals surface area contributed by atoms with E-state index >= 15 is 0 Å². The fourth-order valence-corrected chi connectivity index (χ4v) is 4.73. The van der Waals surface area contributed by atoms with Gasteiger partial charge < -0.3 is 4.90 Å². The SMILES string of the molecule is N#Cc1ccccc1S(=O)(=O)N1CCN(C(=O)CCc2ccc(F)cc2)CC1. The van der Waals surface area contributed by atoms with E-state index in [1.54, 1.807) is 29.2 Å². The molecule has 0 aromatic heterocycles. The van der Waals surface area contributed by atoms with Gasteiger partial charge in [0.1, 0.15) is 11.9 Å². The van der Waals surface area contributed by atoms with Gasteiger partial charge in [-0.3, -0.25) is 4.79 Å².